The maximum absolute atomic E-state index is 6.24. The second-order valence-electron chi connectivity index (χ2n) is 6.15. The summed E-state index contributed by atoms with van der Waals surface area (Å²) < 4.78 is 13.3. The molecular formula is C18H20ClN5O2S. The molecule has 0 bridgehead atoms. The van der Waals surface area contributed by atoms with Gasteiger partial charge in [0.25, 0.3) is 0 Å². The van der Waals surface area contributed by atoms with E-state index < -0.39 is 0 Å². The fraction of sp³-hybridized carbons (Fsp3) is 0.389. The number of aromatic nitrogens is 4. The number of benzene rings is 1. The van der Waals surface area contributed by atoms with Crippen LogP contribution in [-0.2, 0) is 4.74 Å². The Hall–Kier alpha value is -2.03. The summed E-state index contributed by atoms with van der Waals surface area (Å²) in [5, 5.41) is 4.49. The van der Waals surface area contributed by atoms with Crippen molar-refractivity contribution in [3.63, 3.8) is 0 Å². The van der Waals surface area contributed by atoms with Crippen LogP contribution in [0.2, 0.25) is 5.02 Å². The molecule has 7 nitrogen and oxygen atoms in total. The van der Waals surface area contributed by atoms with Gasteiger partial charge in [0.2, 0.25) is 0 Å². The number of thioether (sulfide) groups is 1. The van der Waals surface area contributed by atoms with Crippen molar-refractivity contribution in [3.8, 4) is 5.75 Å². The van der Waals surface area contributed by atoms with Gasteiger partial charge >= 0.3 is 0 Å². The number of para-hydroxylation sites is 1. The summed E-state index contributed by atoms with van der Waals surface area (Å²) in [5.74, 6) is 1.17. The smallest absolute Gasteiger partial charge is 0.191 e. The van der Waals surface area contributed by atoms with E-state index in [-0.39, 0.29) is 6.23 Å². The van der Waals surface area contributed by atoms with E-state index in [0.717, 1.165) is 37.2 Å². The molecule has 1 aliphatic rings. The zero-order valence-electron chi connectivity index (χ0n) is 15.1. The van der Waals surface area contributed by atoms with Crippen LogP contribution >= 0.6 is 23.4 Å². The summed E-state index contributed by atoms with van der Waals surface area (Å²) in [4.78, 5) is 13.8. The molecule has 9 heteroatoms. The minimum absolute atomic E-state index is 0.0399. The lowest BCUT2D eigenvalue weighted by Crippen LogP contribution is -2.17. The van der Waals surface area contributed by atoms with Gasteiger partial charge in [0.05, 0.1) is 24.1 Å². The molecule has 0 radical (unpaired) electrons. The zero-order valence-corrected chi connectivity index (χ0v) is 16.7. The van der Waals surface area contributed by atoms with Crippen molar-refractivity contribution < 1.29 is 9.47 Å². The highest BCUT2D eigenvalue weighted by atomic mass is 35.5. The second-order valence-corrected chi connectivity index (χ2v) is 7.33. The molecule has 1 atom stereocenters. The first-order valence-electron chi connectivity index (χ1n) is 8.71. The largest absolute Gasteiger partial charge is 0.493 e. The molecule has 0 spiro atoms. The van der Waals surface area contributed by atoms with Crippen LogP contribution in [-0.4, -0.2) is 39.5 Å². The second kappa shape index (κ2) is 7.92. The van der Waals surface area contributed by atoms with E-state index in [1.165, 1.54) is 11.8 Å². The predicted octanol–water partition coefficient (Wildman–Crippen LogP) is 4.65. The monoisotopic (exact) mass is 405 g/mol. The van der Waals surface area contributed by atoms with E-state index >= 15 is 0 Å². The Morgan fingerprint density at radius 2 is 2.22 bits per heavy atom. The lowest BCUT2D eigenvalue weighted by molar-refractivity contribution is -0.0298. The van der Waals surface area contributed by atoms with Gasteiger partial charge in [0, 0.05) is 6.61 Å². The van der Waals surface area contributed by atoms with Gasteiger partial charge < -0.3 is 14.8 Å². The van der Waals surface area contributed by atoms with Crippen LogP contribution < -0.4 is 10.1 Å². The fourth-order valence-electron chi connectivity index (χ4n) is 3.17. The molecule has 1 saturated heterocycles. The summed E-state index contributed by atoms with van der Waals surface area (Å²) in [7, 11) is 1.59. The fourth-order valence-corrected chi connectivity index (χ4v) is 3.78. The van der Waals surface area contributed by atoms with Crippen molar-refractivity contribution in [3.05, 3.63) is 29.5 Å². The maximum Gasteiger partial charge on any atom is 0.191 e. The van der Waals surface area contributed by atoms with Crippen LogP contribution in [0.25, 0.3) is 11.2 Å². The summed E-state index contributed by atoms with van der Waals surface area (Å²) in [6.07, 6.45) is 6.87. The molecule has 0 saturated carbocycles. The number of imidazole rings is 1. The summed E-state index contributed by atoms with van der Waals surface area (Å²) in [6.45, 7) is 0.760. The lowest BCUT2D eigenvalue weighted by Gasteiger charge is -2.23. The number of hydrogen-bond acceptors (Lipinski definition) is 7. The van der Waals surface area contributed by atoms with Gasteiger partial charge in [-0.2, -0.15) is 0 Å². The van der Waals surface area contributed by atoms with E-state index in [0.29, 0.717) is 27.3 Å². The summed E-state index contributed by atoms with van der Waals surface area (Å²) >= 11 is 7.72. The third kappa shape index (κ3) is 3.56. The summed E-state index contributed by atoms with van der Waals surface area (Å²) in [6, 6.07) is 5.53. The van der Waals surface area contributed by atoms with Crippen molar-refractivity contribution >= 4 is 46.0 Å². The number of nitrogens with zero attached hydrogens (tertiary/aromatic N) is 4. The van der Waals surface area contributed by atoms with E-state index in [9.17, 15) is 0 Å². The van der Waals surface area contributed by atoms with Crippen LogP contribution in [0, 0.1) is 0 Å². The van der Waals surface area contributed by atoms with Gasteiger partial charge in [-0.3, -0.25) is 4.57 Å². The third-order valence-corrected chi connectivity index (χ3v) is 5.32. The van der Waals surface area contributed by atoms with Gasteiger partial charge in [0.15, 0.2) is 27.9 Å². The zero-order chi connectivity index (χ0) is 18.8. The first-order chi connectivity index (χ1) is 13.2. The molecule has 1 N–H and O–H groups in total. The van der Waals surface area contributed by atoms with Crippen molar-refractivity contribution in [1.82, 2.24) is 19.5 Å². The van der Waals surface area contributed by atoms with Crippen LogP contribution in [0.15, 0.2) is 29.7 Å². The molecule has 4 rings (SSSR count). The number of ether oxygens (including phenoxy) is 2. The molecule has 3 heterocycles. The standard InChI is InChI=1S/C18H20ClN5O2S/c1-25-15-11(19)6-5-7-12(15)21-16-14-17(23-18(22-16)27-2)24(10-20-14)13-8-3-4-9-26-13/h5-7,10,13H,3-4,8-9H2,1-2H3,(H,21,22,23). The molecule has 142 valence electrons. The molecule has 27 heavy (non-hydrogen) atoms. The number of methoxy groups -OCH3 is 1. The first kappa shape index (κ1) is 18.3. The predicted molar refractivity (Wildman–Crippen MR) is 107 cm³/mol. The van der Waals surface area contributed by atoms with E-state index in [1.807, 2.05) is 23.0 Å². The minimum Gasteiger partial charge on any atom is -0.493 e. The molecule has 0 aliphatic carbocycles. The number of anilines is 2. The highest BCUT2D eigenvalue weighted by Gasteiger charge is 2.22. The molecule has 1 aliphatic heterocycles. The highest BCUT2D eigenvalue weighted by Crippen LogP contribution is 2.36. The average Bonchev–Trinajstić information content (AvgIpc) is 3.13. The molecule has 3 aromatic rings. The van der Waals surface area contributed by atoms with Crippen LogP contribution in [0.3, 0.4) is 0 Å². The van der Waals surface area contributed by atoms with Crippen molar-refractivity contribution in [1.29, 1.82) is 0 Å². The summed E-state index contributed by atoms with van der Waals surface area (Å²) in [5.41, 5.74) is 2.16. The molecule has 1 aromatic carbocycles. The molecule has 1 fully saturated rings. The Morgan fingerprint density at radius 3 is 2.96 bits per heavy atom. The quantitative estimate of drug-likeness (QED) is 0.489. The number of nitrogens with one attached hydrogen (secondary N) is 1. The van der Waals surface area contributed by atoms with Gasteiger partial charge in [-0.15, -0.1) is 0 Å². The first-order valence-corrected chi connectivity index (χ1v) is 10.3. The topological polar surface area (TPSA) is 74.1 Å². The minimum atomic E-state index is -0.0399. The van der Waals surface area contributed by atoms with Crippen LogP contribution in [0.5, 0.6) is 5.75 Å². The van der Waals surface area contributed by atoms with E-state index in [1.54, 1.807) is 19.5 Å². The number of fused-ring (bicyclic) bond motifs is 1. The number of hydrogen-bond donors (Lipinski definition) is 1. The Morgan fingerprint density at radius 1 is 1.33 bits per heavy atom. The van der Waals surface area contributed by atoms with Gasteiger partial charge in [0.1, 0.15) is 6.23 Å². The normalized spacial score (nSPS) is 17.2. The maximum atomic E-state index is 6.24. The van der Waals surface area contributed by atoms with Gasteiger partial charge in [-0.1, -0.05) is 29.4 Å². The van der Waals surface area contributed by atoms with E-state index in [4.69, 9.17) is 21.1 Å². The Balaban J connectivity index is 1.79. The lowest BCUT2D eigenvalue weighted by atomic mass is 10.2. The van der Waals surface area contributed by atoms with Crippen LogP contribution in [0.4, 0.5) is 11.5 Å². The highest BCUT2D eigenvalue weighted by molar-refractivity contribution is 7.98. The third-order valence-electron chi connectivity index (χ3n) is 4.47. The van der Waals surface area contributed by atoms with Gasteiger partial charge in [-0.05, 0) is 37.7 Å². The number of rotatable bonds is 5. The van der Waals surface area contributed by atoms with Crippen LogP contribution in [0.1, 0.15) is 25.5 Å². The number of halogens is 1. The van der Waals surface area contributed by atoms with Crippen molar-refractivity contribution in [2.24, 2.45) is 0 Å². The average molecular weight is 406 g/mol. The van der Waals surface area contributed by atoms with Crippen molar-refractivity contribution in [2.75, 3.05) is 25.3 Å². The molecule has 2 aromatic heterocycles. The molecular weight excluding hydrogens is 386 g/mol. The SMILES string of the molecule is COc1c(Cl)cccc1Nc1nc(SC)nc2c1ncn2C1CCCCO1. The Labute approximate surface area is 166 Å². The Kier molecular flexibility index (Phi) is 5.38. The molecule has 0 amide bonds. The van der Waals surface area contributed by atoms with Gasteiger partial charge in [-0.25, -0.2) is 15.0 Å². The van der Waals surface area contributed by atoms with Crippen molar-refractivity contribution in [2.45, 2.75) is 30.6 Å². The molecule has 1 unspecified atom stereocenters. The van der Waals surface area contributed by atoms with E-state index in [2.05, 4.69) is 20.3 Å². The Bertz CT molecular complexity index is 958.